The molecule has 1 aliphatic heterocycles. The molecule has 5 nitrogen and oxygen atoms in total. The molecule has 2 aromatic heterocycles. The number of benzene rings is 1. The topological polar surface area (TPSA) is 56.2 Å². The summed E-state index contributed by atoms with van der Waals surface area (Å²) in [6.07, 6.45) is 5.12. The molecule has 1 atom stereocenters. The quantitative estimate of drug-likeness (QED) is 0.712. The van der Waals surface area contributed by atoms with Crippen molar-refractivity contribution in [3.8, 4) is 0 Å². The second-order valence-corrected chi connectivity index (χ2v) is 7.77. The van der Waals surface area contributed by atoms with Crippen molar-refractivity contribution in [3.63, 3.8) is 0 Å². The number of amides is 1. The van der Waals surface area contributed by atoms with Crippen LogP contribution in [0.4, 0.5) is 0 Å². The van der Waals surface area contributed by atoms with E-state index in [1.807, 2.05) is 41.2 Å². The number of ether oxygens (including phenoxy) is 1. The Labute approximate surface area is 163 Å². The van der Waals surface area contributed by atoms with Gasteiger partial charge in [0, 0.05) is 37.0 Å². The first-order valence-corrected chi connectivity index (χ1v) is 10.1. The van der Waals surface area contributed by atoms with Crippen LogP contribution in [0.2, 0.25) is 0 Å². The first-order valence-electron chi connectivity index (χ1n) is 9.24. The van der Waals surface area contributed by atoms with Gasteiger partial charge in [-0.2, -0.15) is 5.10 Å². The van der Waals surface area contributed by atoms with Gasteiger partial charge in [0.15, 0.2) is 0 Å². The summed E-state index contributed by atoms with van der Waals surface area (Å²) in [6, 6.07) is 16.1. The molecule has 140 valence electrons. The number of hydrogen-bond acceptors (Lipinski definition) is 4. The van der Waals surface area contributed by atoms with E-state index >= 15 is 0 Å². The zero-order valence-corrected chi connectivity index (χ0v) is 15.9. The summed E-state index contributed by atoms with van der Waals surface area (Å²) in [4.78, 5) is 14.6. The molecule has 4 rings (SSSR count). The van der Waals surface area contributed by atoms with Gasteiger partial charge in [0.05, 0.1) is 5.41 Å². The molecule has 3 heterocycles. The average molecular weight is 382 g/mol. The largest absolute Gasteiger partial charge is 0.381 e. The van der Waals surface area contributed by atoms with Crippen LogP contribution in [0.25, 0.3) is 0 Å². The zero-order valence-electron chi connectivity index (χ0n) is 15.1. The number of hydrogen-bond donors (Lipinski definition) is 1. The Morgan fingerprint density at radius 3 is 2.67 bits per heavy atom. The van der Waals surface area contributed by atoms with Crippen LogP contribution in [-0.4, -0.2) is 35.4 Å². The highest BCUT2D eigenvalue weighted by Crippen LogP contribution is 2.35. The maximum atomic E-state index is 13.4. The van der Waals surface area contributed by atoms with Crippen molar-refractivity contribution < 1.29 is 9.53 Å². The van der Waals surface area contributed by atoms with E-state index in [4.69, 9.17) is 4.74 Å². The monoisotopic (exact) mass is 381 g/mol. The lowest BCUT2D eigenvalue weighted by Gasteiger charge is -2.36. The third-order valence-electron chi connectivity index (χ3n) is 5.28. The van der Waals surface area contributed by atoms with E-state index < -0.39 is 5.41 Å². The van der Waals surface area contributed by atoms with Crippen molar-refractivity contribution in [1.29, 1.82) is 0 Å². The van der Waals surface area contributed by atoms with E-state index in [-0.39, 0.29) is 11.9 Å². The van der Waals surface area contributed by atoms with E-state index in [0.29, 0.717) is 32.6 Å². The Balaban J connectivity index is 1.56. The van der Waals surface area contributed by atoms with Crippen LogP contribution in [0.1, 0.15) is 29.3 Å². The van der Waals surface area contributed by atoms with Gasteiger partial charge in [-0.1, -0.05) is 36.4 Å². The minimum atomic E-state index is -0.524. The van der Waals surface area contributed by atoms with Gasteiger partial charge >= 0.3 is 0 Å². The lowest BCUT2D eigenvalue weighted by atomic mass is 9.73. The van der Waals surface area contributed by atoms with Gasteiger partial charge in [0.1, 0.15) is 6.04 Å². The maximum absolute atomic E-state index is 13.4. The summed E-state index contributed by atoms with van der Waals surface area (Å²) in [5.74, 6) is 0.0747. The number of rotatable bonds is 6. The summed E-state index contributed by atoms with van der Waals surface area (Å²) in [5.41, 5.74) is 0.543. The average Bonchev–Trinajstić information content (AvgIpc) is 3.44. The predicted molar refractivity (Wildman–Crippen MR) is 106 cm³/mol. The summed E-state index contributed by atoms with van der Waals surface area (Å²) in [5, 5.41) is 9.66. The van der Waals surface area contributed by atoms with Crippen molar-refractivity contribution in [2.75, 3.05) is 19.8 Å². The van der Waals surface area contributed by atoms with Crippen LogP contribution in [0.5, 0.6) is 0 Å². The van der Waals surface area contributed by atoms with Gasteiger partial charge in [0.25, 0.3) is 0 Å². The number of carbonyl (C=O) groups is 1. The summed E-state index contributed by atoms with van der Waals surface area (Å²) >= 11 is 1.68. The number of carbonyl (C=O) groups excluding carboxylic acids is 1. The van der Waals surface area contributed by atoms with E-state index in [0.717, 1.165) is 5.56 Å². The number of nitrogens with zero attached hydrogens (tertiary/aromatic N) is 2. The second kappa shape index (κ2) is 8.06. The van der Waals surface area contributed by atoms with Crippen LogP contribution in [0.3, 0.4) is 0 Å². The lowest BCUT2D eigenvalue weighted by Crippen LogP contribution is -2.49. The van der Waals surface area contributed by atoms with E-state index in [1.165, 1.54) is 4.88 Å². The fraction of sp³-hybridized carbons (Fsp3) is 0.333. The Bertz CT molecular complexity index is 807. The second-order valence-electron chi connectivity index (χ2n) is 6.79. The van der Waals surface area contributed by atoms with Crippen molar-refractivity contribution in [1.82, 2.24) is 15.1 Å². The molecule has 1 aromatic carbocycles. The Morgan fingerprint density at radius 1 is 1.19 bits per heavy atom. The molecule has 0 bridgehead atoms. The van der Waals surface area contributed by atoms with Crippen LogP contribution in [0.15, 0.2) is 66.3 Å². The number of thiophene rings is 1. The van der Waals surface area contributed by atoms with Gasteiger partial charge in [-0.15, -0.1) is 11.3 Å². The van der Waals surface area contributed by atoms with Crippen molar-refractivity contribution in [2.24, 2.45) is 0 Å². The molecule has 1 unspecified atom stereocenters. The normalized spacial score (nSPS) is 17.3. The van der Waals surface area contributed by atoms with E-state index in [1.54, 1.807) is 17.5 Å². The predicted octanol–water partition coefficient (Wildman–Crippen LogP) is 3.40. The summed E-state index contributed by atoms with van der Waals surface area (Å²) in [7, 11) is 0. The molecule has 6 heteroatoms. The molecular weight excluding hydrogens is 358 g/mol. The molecule has 0 spiro atoms. The highest BCUT2D eigenvalue weighted by molar-refractivity contribution is 7.10. The molecule has 0 aliphatic carbocycles. The Morgan fingerprint density at radius 2 is 2.00 bits per heavy atom. The summed E-state index contributed by atoms with van der Waals surface area (Å²) < 4.78 is 7.46. The van der Waals surface area contributed by atoms with E-state index in [2.05, 4.69) is 34.0 Å². The van der Waals surface area contributed by atoms with Crippen LogP contribution >= 0.6 is 11.3 Å². The van der Waals surface area contributed by atoms with Gasteiger partial charge in [-0.25, -0.2) is 0 Å². The van der Waals surface area contributed by atoms with Crippen LogP contribution in [-0.2, 0) is 14.9 Å². The fourth-order valence-corrected chi connectivity index (χ4v) is 4.57. The van der Waals surface area contributed by atoms with Crippen molar-refractivity contribution in [3.05, 3.63) is 76.7 Å². The molecular formula is C21H23N3O2S. The molecule has 0 radical (unpaired) electrons. The van der Waals surface area contributed by atoms with Gasteiger partial charge in [-0.3, -0.25) is 9.48 Å². The molecule has 0 saturated carbocycles. The molecule has 27 heavy (non-hydrogen) atoms. The third kappa shape index (κ3) is 3.68. The highest BCUT2D eigenvalue weighted by atomic mass is 32.1. The van der Waals surface area contributed by atoms with Crippen molar-refractivity contribution >= 4 is 17.2 Å². The van der Waals surface area contributed by atoms with Gasteiger partial charge < -0.3 is 10.1 Å². The fourth-order valence-electron chi connectivity index (χ4n) is 3.75. The van der Waals surface area contributed by atoms with Gasteiger partial charge in [0.2, 0.25) is 5.91 Å². The lowest BCUT2D eigenvalue weighted by molar-refractivity contribution is -0.130. The SMILES string of the molecule is O=C(NCC(c1cccs1)n1cccn1)C1(c2ccccc2)CCOCC1. The minimum absolute atomic E-state index is 0.00314. The standard InChI is InChI=1S/C21H23N3O2S/c25-20(21(9-13-26-14-10-21)17-6-2-1-3-7-17)22-16-18(19-8-4-15-27-19)24-12-5-11-23-24/h1-8,11-12,15,18H,9-10,13-14,16H2,(H,22,25). The maximum Gasteiger partial charge on any atom is 0.230 e. The van der Waals surface area contributed by atoms with Crippen LogP contribution < -0.4 is 5.32 Å². The Kier molecular flexibility index (Phi) is 5.36. The molecule has 3 aromatic rings. The van der Waals surface area contributed by atoms with Crippen molar-refractivity contribution in [2.45, 2.75) is 24.3 Å². The van der Waals surface area contributed by atoms with Gasteiger partial charge in [-0.05, 0) is 35.9 Å². The molecule has 1 amide bonds. The molecule has 1 fully saturated rings. The highest BCUT2D eigenvalue weighted by Gasteiger charge is 2.41. The minimum Gasteiger partial charge on any atom is -0.381 e. The smallest absolute Gasteiger partial charge is 0.230 e. The molecule has 1 saturated heterocycles. The molecule has 1 N–H and O–H groups in total. The Hall–Kier alpha value is -2.44. The third-order valence-corrected chi connectivity index (χ3v) is 6.25. The molecule has 1 aliphatic rings. The summed E-state index contributed by atoms with van der Waals surface area (Å²) in [6.45, 7) is 1.72. The first-order chi connectivity index (χ1) is 13.3. The number of nitrogens with one attached hydrogen (secondary N) is 1. The first kappa shape index (κ1) is 17.9. The number of aromatic nitrogens is 2. The zero-order chi connectivity index (χ0) is 18.5. The van der Waals surface area contributed by atoms with E-state index in [9.17, 15) is 4.79 Å². The van der Waals surface area contributed by atoms with Crippen LogP contribution in [0, 0.1) is 0 Å².